The third-order valence-corrected chi connectivity index (χ3v) is 3.12. The molecule has 0 bridgehead atoms. The molecule has 1 atom stereocenters. The maximum atomic E-state index is 11.1. The van der Waals surface area contributed by atoms with Crippen LogP contribution in [-0.2, 0) is 14.8 Å². The van der Waals surface area contributed by atoms with Crippen molar-refractivity contribution in [2.45, 2.75) is 19.4 Å². The van der Waals surface area contributed by atoms with Crippen molar-refractivity contribution in [1.82, 2.24) is 10.0 Å². The van der Waals surface area contributed by atoms with E-state index in [1.807, 2.05) is 0 Å². The van der Waals surface area contributed by atoms with Crippen LogP contribution in [0.4, 0.5) is 0 Å². The summed E-state index contributed by atoms with van der Waals surface area (Å²) in [6.45, 7) is 1.87. The molecule has 0 radical (unpaired) electrons. The SMILES string of the molecule is CCC(N)C(=O)NCCS(=O)(=O)NC. The molecule has 0 rings (SSSR count). The minimum atomic E-state index is -3.25. The third-order valence-electron chi connectivity index (χ3n) is 1.76. The Balaban J connectivity index is 3.81. The minimum Gasteiger partial charge on any atom is -0.354 e. The first kappa shape index (κ1) is 13.3. The standard InChI is InChI=1S/C7H17N3O3S/c1-3-6(8)7(11)10-4-5-14(12,13)9-2/h6,9H,3-5,8H2,1-2H3,(H,10,11). The molecule has 4 N–H and O–H groups in total. The highest BCUT2D eigenvalue weighted by atomic mass is 32.2. The second kappa shape index (κ2) is 5.94. The van der Waals surface area contributed by atoms with Crippen LogP contribution < -0.4 is 15.8 Å². The molecule has 0 saturated carbocycles. The summed E-state index contributed by atoms with van der Waals surface area (Å²) in [5, 5.41) is 2.44. The Morgan fingerprint density at radius 2 is 2.07 bits per heavy atom. The maximum Gasteiger partial charge on any atom is 0.236 e. The molecule has 0 aromatic heterocycles. The number of amides is 1. The van der Waals surface area contributed by atoms with E-state index >= 15 is 0 Å². The van der Waals surface area contributed by atoms with E-state index in [0.29, 0.717) is 6.42 Å². The zero-order valence-electron chi connectivity index (χ0n) is 8.41. The van der Waals surface area contributed by atoms with Crippen LogP contribution >= 0.6 is 0 Å². The molecule has 1 unspecified atom stereocenters. The van der Waals surface area contributed by atoms with Crippen molar-refractivity contribution in [3.63, 3.8) is 0 Å². The number of nitrogens with two attached hydrogens (primary N) is 1. The Morgan fingerprint density at radius 1 is 1.50 bits per heavy atom. The van der Waals surface area contributed by atoms with Crippen molar-refractivity contribution in [1.29, 1.82) is 0 Å². The molecule has 0 saturated heterocycles. The normalized spacial score (nSPS) is 13.6. The predicted octanol–water partition coefficient (Wildman–Crippen LogP) is -1.61. The molecule has 7 heteroatoms. The quantitative estimate of drug-likeness (QED) is 0.504. The third kappa shape index (κ3) is 5.15. The summed E-state index contributed by atoms with van der Waals surface area (Å²) in [4.78, 5) is 11.1. The Morgan fingerprint density at radius 3 is 2.50 bits per heavy atom. The zero-order valence-corrected chi connectivity index (χ0v) is 9.23. The van der Waals surface area contributed by atoms with Crippen LogP contribution in [0.15, 0.2) is 0 Å². The first-order valence-electron chi connectivity index (χ1n) is 4.37. The Hall–Kier alpha value is -0.660. The number of rotatable bonds is 6. The molecule has 0 heterocycles. The van der Waals surface area contributed by atoms with Crippen LogP contribution in [0.2, 0.25) is 0 Å². The number of sulfonamides is 1. The van der Waals surface area contributed by atoms with Crippen LogP contribution in [0.3, 0.4) is 0 Å². The number of nitrogens with one attached hydrogen (secondary N) is 2. The van der Waals surface area contributed by atoms with Gasteiger partial charge in [0.1, 0.15) is 0 Å². The van der Waals surface area contributed by atoms with E-state index in [4.69, 9.17) is 5.73 Å². The van der Waals surface area contributed by atoms with E-state index in [0.717, 1.165) is 0 Å². The zero-order chi connectivity index (χ0) is 11.2. The van der Waals surface area contributed by atoms with E-state index < -0.39 is 16.1 Å². The van der Waals surface area contributed by atoms with Gasteiger partial charge in [0.2, 0.25) is 15.9 Å². The number of carbonyl (C=O) groups excluding carboxylic acids is 1. The molecule has 0 aliphatic rings. The molecular formula is C7H17N3O3S. The molecule has 0 aromatic carbocycles. The van der Waals surface area contributed by atoms with Gasteiger partial charge in [-0.2, -0.15) is 0 Å². The lowest BCUT2D eigenvalue weighted by molar-refractivity contribution is -0.122. The van der Waals surface area contributed by atoms with Gasteiger partial charge in [-0.15, -0.1) is 0 Å². The highest BCUT2D eigenvalue weighted by Gasteiger charge is 2.12. The highest BCUT2D eigenvalue weighted by molar-refractivity contribution is 7.89. The summed E-state index contributed by atoms with van der Waals surface area (Å²) in [5.41, 5.74) is 5.42. The van der Waals surface area contributed by atoms with Gasteiger partial charge in [-0.25, -0.2) is 13.1 Å². The van der Waals surface area contributed by atoms with Crippen molar-refractivity contribution < 1.29 is 13.2 Å². The van der Waals surface area contributed by atoms with Crippen molar-refractivity contribution in [3.8, 4) is 0 Å². The lowest BCUT2D eigenvalue weighted by Gasteiger charge is -2.09. The van der Waals surface area contributed by atoms with Crippen molar-refractivity contribution >= 4 is 15.9 Å². The summed E-state index contributed by atoms with van der Waals surface area (Å²) < 4.78 is 24.0. The van der Waals surface area contributed by atoms with Crippen LogP contribution in [0.25, 0.3) is 0 Å². The highest BCUT2D eigenvalue weighted by Crippen LogP contribution is 1.86. The monoisotopic (exact) mass is 223 g/mol. The van der Waals surface area contributed by atoms with Crippen molar-refractivity contribution in [2.24, 2.45) is 5.73 Å². The molecule has 0 spiro atoms. The molecule has 6 nitrogen and oxygen atoms in total. The van der Waals surface area contributed by atoms with E-state index in [2.05, 4.69) is 10.0 Å². The Kier molecular flexibility index (Phi) is 5.66. The number of hydrogen-bond donors (Lipinski definition) is 3. The number of carbonyl (C=O) groups is 1. The van der Waals surface area contributed by atoms with Gasteiger partial charge < -0.3 is 11.1 Å². The molecule has 1 amide bonds. The van der Waals surface area contributed by atoms with Gasteiger partial charge in [-0.05, 0) is 13.5 Å². The Labute approximate surface area is 84.3 Å². The van der Waals surface area contributed by atoms with Crippen molar-refractivity contribution in [3.05, 3.63) is 0 Å². The molecule has 0 aliphatic carbocycles. The molecule has 14 heavy (non-hydrogen) atoms. The summed E-state index contributed by atoms with van der Waals surface area (Å²) in [7, 11) is -1.92. The fraction of sp³-hybridized carbons (Fsp3) is 0.857. The van der Waals surface area contributed by atoms with E-state index in [1.54, 1.807) is 6.92 Å². The fourth-order valence-corrected chi connectivity index (χ4v) is 1.30. The largest absolute Gasteiger partial charge is 0.354 e. The van der Waals surface area contributed by atoms with Gasteiger partial charge in [0.15, 0.2) is 0 Å². The lowest BCUT2D eigenvalue weighted by Crippen LogP contribution is -2.42. The van der Waals surface area contributed by atoms with Crippen LogP contribution in [-0.4, -0.2) is 39.7 Å². The predicted molar refractivity (Wildman–Crippen MR) is 54.1 cm³/mol. The number of hydrogen-bond acceptors (Lipinski definition) is 4. The van der Waals surface area contributed by atoms with Crippen molar-refractivity contribution in [2.75, 3.05) is 19.3 Å². The van der Waals surface area contributed by atoms with E-state index in [-0.39, 0.29) is 18.2 Å². The topological polar surface area (TPSA) is 101 Å². The summed E-state index contributed by atoms with van der Waals surface area (Å²) in [6, 6.07) is -0.563. The van der Waals surface area contributed by atoms with Gasteiger partial charge >= 0.3 is 0 Å². The molecule has 84 valence electrons. The summed E-state index contributed by atoms with van der Waals surface area (Å²) >= 11 is 0. The lowest BCUT2D eigenvalue weighted by atomic mass is 10.2. The second-order valence-corrected chi connectivity index (χ2v) is 4.87. The van der Waals surface area contributed by atoms with Gasteiger partial charge in [0, 0.05) is 6.54 Å². The van der Waals surface area contributed by atoms with Crippen LogP contribution in [0.5, 0.6) is 0 Å². The van der Waals surface area contributed by atoms with Crippen LogP contribution in [0, 0.1) is 0 Å². The fourth-order valence-electron chi connectivity index (χ4n) is 0.727. The first-order valence-corrected chi connectivity index (χ1v) is 6.02. The summed E-state index contributed by atoms with van der Waals surface area (Å²) in [6.07, 6.45) is 0.532. The first-order chi connectivity index (χ1) is 6.43. The average Bonchev–Trinajstić information content (AvgIpc) is 2.16. The molecule has 0 aromatic rings. The van der Waals surface area contributed by atoms with Crippen LogP contribution in [0.1, 0.15) is 13.3 Å². The van der Waals surface area contributed by atoms with E-state index in [9.17, 15) is 13.2 Å². The van der Waals surface area contributed by atoms with Gasteiger partial charge in [-0.1, -0.05) is 6.92 Å². The molecule has 0 aliphatic heterocycles. The van der Waals surface area contributed by atoms with E-state index in [1.165, 1.54) is 7.05 Å². The van der Waals surface area contributed by atoms with Gasteiger partial charge in [-0.3, -0.25) is 4.79 Å². The summed E-state index contributed by atoms with van der Waals surface area (Å²) in [5.74, 6) is -0.454. The second-order valence-electron chi connectivity index (χ2n) is 2.83. The molecular weight excluding hydrogens is 206 g/mol. The smallest absolute Gasteiger partial charge is 0.236 e. The Bertz CT molecular complexity index is 276. The van der Waals surface area contributed by atoms with Gasteiger partial charge in [0.25, 0.3) is 0 Å². The molecule has 0 fully saturated rings. The minimum absolute atomic E-state index is 0.0791. The van der Waals surface area contributed by atoms with Gasteiger partial charge in [0.05, 0.1) is 11.8 Å². The average molecular weight is 223 g/mol. The maximum absolute atomic E-state index is 11.1.